The van der Waals surface area contributed by atoms with Crippen molar-refractivity contribution < 1.29 is 23.1 Å². The quantitative estimate of drug-likeness (QED) is 0.209. The van der Waals surface area contributed by atoms with Crippen molar-refractivity contribution in [2.24, 2.45) is 0 Å². The molecule has 0 unspecified atom stereocenters. The molecule has 1 aromatic carbocycles. The molecule has 242 valence electrons. The summed E-state index contributed by atoms with van der Waals surface area (Å²) in [6.07, 6.45) is -0.131. The maximum atomic E-state index is 12.9. The molecule has 5 heterocycles. The number of anilines is 1. The van der Waals surface area contributed by atoms with Gasteiger partial charge in [0.2, 0.25) is 5.91 Å². The van der Waals surface area contributed by atoms with Crippen LogP contribution in [0.15, 0.2) is 43.2 Å². The Bertz CT molecular complexity index is 1790. The molecule has 2 aliphatic rings. The molecular weight excluding hydrogens is 617 g/mol. The second kappa shape index (κ2) is 13.3. The van der Waals surface area contributed by atoms with Crippen LogP contribution in [0.3, 0.4) is 0 Å². The van der Waals surface area contributed by atoms with E-state index in [1.807, 2.05) is 16.7 Å². The number of nitrogens with zero attached hydrogens (tertiary/aromatic N) is 6. The minimum Gasteiger partial charge on any atom is -0.508 e. The lowest BCUT2D eigenvalue weighted by Gasteiger charge is -2.32. The zero-order chi connectivity index (χ0) is 32.4. The Morgan fingerprint density at radius 1 is 1.11 bits per heavy atom. The molecule has 0 spiro atoms. The Hall–Kier alpha value is -4.19. The van der Waals surface area contributed by atoms with Gasteiger partial charge in [0.1, 0.15) is 34.5 Å². The van der Waals surface area contributed by atoms with Crippen molar-refractivity contribution in [1.82, 2.24) is 29.7 Å². The number of nitriles is 1. The summed E-state index contributed by atoms with van der Waals surface area (Å²) in [6.45, 7) is 8.48. The van der Waals surface area contributed by atoms with E-state index in [0.29, 0.717) is 41.4 Å². The van der Waals surface area contributed by atoms with E-state index < -0.39 is 12.6 Å². The number of halogens is 3. The van der Waals surface area contributed by atoms with Gasteiger partial charge in [0, 0.05) is 79.8 Å². The van der Waals surface area contributed by atoms with Gasteiger partial charge < -0.3 is 20.3 Å². The molecule has 1 amide bonds. The van der Waals surface area contributed by atoms with Crippen LogP contribution in [0.4, 0.5) is 19.0 Å². The van der Waals surface area contributed by atoms with Gasteiger partial charge in [-0.05, 0) is 43.5 Å². The summed E-state index contributed by atoms with van der Waals surface area (Å²) in [4.78, 5) is 25.4. The number of hydrogen-bond acceptors (Lipinski definition) is 9. The van der Waals surface area contributed by atoms with Crippen LogP contribution in [-0.4, -0.2) is 86.3 Å². The molecule has 0 saturated carbocycles. The van der Waals surface area contributed by atoms with E-state index in [9.17, 15) is 28.3 Å². The zero-order valence-corrected chi connectivity index (χ0v) is 26.0. The Balaban J connectivity index is 1.06. The number of benzene rings is 1. The number of fused-ring (bicyclic) bond motifs is 2. The maximum Gasteiger partial charge on any atom is 0.393 e. The molecule has 2 fully saturated rings. The van der Waals surface area contributed by atoms with Crippen LogP contribution in [0, 0.1) is 11.3 Å². The number of hydrogen-bond donors (Lipinski definition) is 3. The molecule has 3 N–H and O–H groups in total. The van der Waals surface area contributed by atoms with E-state index in [-0.39, 0.29) is 28.6 Å². The summed E-state index contributed by atoms with van der Waals surface area (Å²) in [5, 5.41) is 28.7. The molecule has 10 nitrogen and oxygen atoms in total. The molecule has 0 aliphatic carbocycles. The first-order valence-electron chi connectivity index (χ1n) is 15.3. The molecule has 2 aliphatic heterocycles. The van der Waals surface area contributed by atoms with E-state index in [4.69, 9.17) is 0 Å². The number of phenols is 1. The second-order valence-electron chi connectivity index (χ2n) is 12.0. The van der Waals surface area contributed by atoms with Gasteiger partial charge in [-0.1, -0.05) is 6.58 Å². The average Bonchev–Trinajstić information content (AvgIpc) is 3.73. The van der Waals surface area contributed by atoms with Gasteiger partial charge in [-0.3, -0.25) is 14.6 Å². The van der Waals surface area contributed by atoms with Crippen molar-refractivity contribution in [3.05, 3.63) is 59.4 Å². The third-order valence-electron chi connectivity index (χ3n) is 8.74. The summed E-state index contributed by atoms with van der Waals surface area (Å²) in [6, 6.07) is 9.56. The van der Waals surface area contributed by atoms with Crippen LogP contribution in [-0.2, 0) is 24.3 Å². The molecule has 0 bridgehead atoms. The number of alkyl halides is 3. The Morgan fingerprint density at radius 2 is 1.87 bits per heavy atom. The molecule has 3 aromatic heterocycles. The number of nitrogens with one attached hydrogen (secondary N) is 2. The first-order valence-corrected chi connectivity index (χ1v) is 16.1. The van der Waals surface area contributed by atoms with Crippen LogP contribution in [0.1, 0.15) is 35.4 Å². The lowest BCUT2D eigenvalue weighted by Crippen LogP contribution is -2.38. The van der Waals surface area contributed by atoms with Crippen molar-refractivity contribution in [3.63, 3.8) is 0 Å². The van der Waals surface area contributed by atoms with Crippen LogP contribution >= 0.6 is 11.3 Å². The number of carbonyl (C=O) groups excluding carboxylic acids is 1. The van der Waals surface area contributed by atoms with Crippen LogP contribution < -0.4 is 10.6 Å². The fourth-order valence-corrected chi connectivity index (χ4v) is 7.46. The predicted molar refractivity (Wildman–Crippen MR) is 171 cm³/mol. The van der Waals surface area contributed by atoms with Crippen molar-refractivity contribution in [2.45, 2.75) is 57.0 Å². The summed E-state index contributed by atoms with van der Waals surface area (Å²) in [7, 11) is 0. The summed E-state index contributed by atoms with van der Waals surface area (Å²) >= 11 is 1.04. The first-order chi connectivity index (χ1) is 22.1. The highest BCUT2D eigenvalue weighted by Crippen LogP contribution is 2.34. The standard InChI is InChI=1S/C32H35F3N8O2S/c1-2-29(45)39-23-5-8-42(18-23)9-10-43-24(16-36)12-20-11-21(28(44)14-27(20)43)17-41-6-3-22(4-7-41)40-30-26-13-25(15-32(33,34)35)46-31(26)38-19-37-30/h2,11-14,19,22-23,44H,1,3-10,15,17-18H2,(H,39,45)(H,37,38,40)/t23-/m1/s1. The third kappa shape index (κ3) is 7.27. The Labute approximate surface area is 268 Å². The van der Waals surface area contributed by atoms with Gasteiger partial charge in [0.15, 0.2) is 0 Å². The monoisotopic (exact) mass is 652 g/mol. The van der Waals surface area contributed by atoms with Gasteiger partial charge in [-0.2, -0.15) is 18.4 Å². The van der Waals surface area contributed by atoms with Crippen molar-refractivity contribution >= 4 is 44.2 Å². The molecule has 6 rings (SSSR count). The summed E-state index contributed by atoms with van der Waals surface area (Å²) in [5.41, 5.74) is 2.12. The van der Waals surface area contributed by atoms with Gasteiger partial charge in [0.25, 0.3) is 0 Å². The number of aromatic hydroxyl groups is 1. The minimum absolute atomic E-state index is 0.0823. The molecule has 4 aromatic rings. The molecule has 0 radical (unpaired) electrons. The number of amides is 1. The van der Waals surface area contributed by atoms with E-state index in [2.05, 4.69) is 43.0 Å². The SMILES string of the molecule is C=CC(=O)N[C@@H]1CCN(CCn2c(C#N)cc3cc(CN4CCC(Nc5ncnc6sc(CC(F)(F)F)cc56)CC4)c(O)cc32)C1. The first kappa shape index (κ1) is 31.8. The number of carbonyl (C=O) groups is 1. The number of aromatic nitrogens is 3. The van der Waals surface area contributed by atoms with Crippen LogP contribution in [0.2, 0.25) is 0 Å². The van der Waals surface area contributed by atoms with Crippen molar-refractivity contribution in [1.29, 1.82) is 5.26 Å². The topological polar surface area (TPSA) is 122 Å². The second-order valence-corrected chi connectivity index (χ2v) is 13.1. The number of piperidine rings is 1. The Morgan fingerprint density at radius 3 is 2.61 bits per heavy atom. The maximum absolute atomic E-state index is 12.9. The fraction of sp³-hybridized carbons (Fsp3) is 0.438. The van der Waals surface area contributed by atoms with Crippen LogP contribution in [0.25, 0.3) is 21.1 Å². The average molecular weight is 653 g/mol. The van der Waals surface area contributed by atoms with Crippen molar-refractivity contribution in [3.8, 4) is 11.8 Å². The molecule has 14 heteroatoms. The van der Waals surface area contributed by atoms with E-state index in [1.54, 1.807) is 6.07 Å². The van der Waals surface area contributed by atoms with Gasteiger partial charge in [-0.15, -0.1) is 11.3 Å². The van der Waals surface area contributed by atoms with E-state index in [0.717, 1.165) is 73.2 Å². The zero-order valence-electron chi connectivity index (χ0n) is 25.2. The fourth-order valence-electron chi connectivity index (χ4n) is 6.44. The van der Waals surface area contributed by atoms with E-state index >= 15 is 0 Å². The number of thiophene rings is 1. The smallest absolute Gasteiger partial charge is 0.393 e. The molecular formula is C32H35F3N8O2S. The molecule has 2 saturated heterocycles. The molecule has 46 heavy (non-hydrogen) atoms. The summed E-state index contributed by atoms with van der Waals surface area (Å²) < 4.78 is 40.7. The van der Waals surface area contributed by atoms with Gasteiger partial charge in [0.05, 0.1) is 17.3 Å². The van der Waals surface area contributed by atoms with E-state index in [1.165, 1.54) is 18.5 Å². The molecule has 1 atom stereocenters. The Kier molecular flexibility index (Phi) is 9.17. The number of rotatable bonds is 10. The van der Waals surface area contributed by atoms with Gasteiger partial charge >= 0.3 is 6.18 Å². The summed E-state index contributed by atoms with van der Waals surface area (Å²) in [5.74, 6) is 0.562. The highest BCUT2D eigenvalue weighted by molar-refractivity contribution is 7.18. The normalized spacial score (nSPS) is 18.3. The number of phenolic OH excluding ortho intramolecular Hbond substituents is 1. The highest BCUT2D eigenvalue weighted by atomic mass is 32.1. The van der Waals surface area contributed by atoms with Crippen molar-refractivity contribution in [2.75, 3.05) is 38.0 Å². The third-order valence-corrected chi connectivity index (χ3v) is 9.78. The largest absolute Gasteiger partial charge is 0.508 e. The lowest BCUT2D eigenvalue weighted by molar-refractivity contribution is -0.126. The predicted octanol–water partition coefficient (Wildman–Crippen LogP) is 4.78. The van der Waals surface area contributed by atoms with Crippen LogP contribution in [0.5, 0.6) is 5.75 Å². The number of likely N-dealkylation sites (tertiary alicyclic amines) is 2. The van der Waals surface area contributed by atoms with Gasteiger partial charge in [-0.25, -0.2) is 9.97 Å². The minimum atomic E-state index is -4.28. The highest BCUT2D eigenvalue weighted by Gasteiger charge is 2.29. The lowest BCUT2D eigenvalue weighted by atomic mass is 10.0.